The second-order valence-corrected chi connectivity index (χ2v) is 6.87. The average Bonchev–Trinajstić information content (AvgIpc) is 2.76. The molecule has 0 saturated carbocycles. The minimum Gasteiger partial charge on any atom is -0.733 e. The van der Waals surface area contributed by atoms with Gasteiger partial charge in [-0.2, -0.15) is 0 Å². The Morgan fingerprint density at radius 1 is 1.13 bits per heavy atom. The third-order valence-electron chi connectivity index (χ3n) is 5.07. The molecule has 0 saturated heterocycles. The summed E-state index contributed by atoms with van der Waals surface area (Å²) in [6.45, 7) is 3.54. The summed E-state index contributed by atoms with van der Waals surface area (Å²) in [4.78, 5) is 24.1. The Kier molecular flexibility index (Phi) is 6.47. The highest BCUT2D eigenvalue weighted by Gasteiger charge is 2.18. The van der Waals surface area contributed by atoms with E-state index in [-0.39, 0.29) is 29.5 Å². The van der Waals surface area contributed by atoms with Crippen LogP contribution < -0.4 is 20.3 Å². The number of anilines is 1. The lowest BCUT2D eigenvalue weighted by molar-refractivity contribution is -0.139. The minimum atomic E-state index is -0.608. The molecule has 0 fully saturated rings. The number of hydrogen-bond acceptors (Lipinski definition) is 9. The van der Waals surface area contributed by atoms with E-state index in [0.717, 1.165) is 0 Å². The largest absolute Gasteiger partial charge is 0.733 e. The fraction of sp³-hybridized carbons (Fsp3) is 0.273. The second kappa shape index (κ2) is 9.07. The van der Waals surface area contributed by atoms with Gasteiger partial charge < -0.3 is 29.1 Å². The molecule has 0 atom stereocenters. The Bertz CT molecular complexity index is 1180. The SMILES string of the molecule is COC(=O)Cc1c(C)c2ccc(OCc3cc(N([O-])O)ccc3OC)c(C)c2oc1=O. The lowest BCUT2D eigenvalue weighted by Crippen LogP contribution is -2.16. The molecule has 9 heteroatoms. The third kappa shape index (κ3) is 4.47. The molecule has 0 aliphatic rings. The van der Waals surface area contributed by atoms with Gasteiger partial charge in [-0.3, -0.25) is 10.0 Å². The highest BCUT2D eigenvalue weighted by molar-refractivity contribution is 5.86. The molecule has 1 heterocycles. The van der Waals surface area contributed by atoms with Gasteiger partial charge in [0.1, 0.15) is 23.7 Å². The number of esters is 1. The Balaban J connectivity index is 1.95. The maximum atomic E-state index is 12.4. The van der Waals surface area contributed by atoms with E-state index in [0.29, 0.717) is 39.2 Å². The molecule has 164 valence electrons. The monoisotopic (exact) mass is 428 g/mol. The van der Waals surface area contributed by atoms with Crippen molar-refractivity contribution in [1.29, 1.82) is 0 Å². The fourth-order valence-corrected chi connectivity index (χ4v) is 3.30. The van der Waals surface area contributed by atoms with Gasteiger partial charge in [0, 0.05) is 16.5 Å². The summed E-state index contributed by atoms with van der Waals surface area (Å²) >= 11 is 0. The number of hydrogen-bond donors (Lipinski definition) is 1. The van der Waals surface area contributed by atoms with E-state index in [1.54, 1.807) is 32.0 Å². The molecule has 2 aromatic carbocycles. The van der Waals surface area contributed by atoms with Gasteiger partial charge in [0.05, 0.1) is 31.9 Å². The molecule has 3 rings (SSSR count). The van der Waals surface area contributed by atoms with Crippen LogP contribution in [0.3, 0.4) is 0 Å². The summed E-state index contributed by atoms with van der Waals surface area (Å²) in [6, 6.07) is 7.89. The summed E-state index contributed by atoms with van der Waals surface area (Å²) in [5.74, 6) is 0.423. The van der Waals surface area contributed by atoms with Crippen molar-refractivity contribution < 1.29 is 28.6 Å². The van der Waals surface area contributed by atoms with Crippen molar-refractivity contribution in [3.8, 4) is 11.5 Å². The quantitative estimate of drug-likeness (QED) is 0.343. The van der Waals surface area contributed by atoms with Crippen molar-refractivity contribution in [2.75, 3.05) is 19.4 Å². The number of fused-ring (bicyclic) bond motifs is 1. The van der Waals surface area contributed by atoms with Crippen molar-refractivity contribution in [3.05, 3.63) is 68.2 Å². The number of methoxy groups -OCH3 is 2. The smallest absolute Gasteiger partial charge is 0.340 e. The van der Waals surface area contributed by atoms with Gasteiger partial charge in [0.15, 0.2) is 0 Å². The van der Waals surface area contributed by atoms with Crippen LogP contribution in [-0.2, 0) is 22.6 Å². The maximum Gasteiger partial charge on any atom is 0.340 e. The average molecular weight is 428 g/mol. The van der Waals surface area contributed by atoms with Crippen LogP contribution in [0, 0.1) is 19.1 Å². The highest BCUT2D eigenvalue weighted by atomic mass is 16.8. The molecular weight excluding hydrogens is 406 g/mol. The van der Waals surface area contributed by atoms with Crippen LogP contribution in [0.15, 0.2) is 39.5 Å². The topological polar surface area (TPSA) is 122 Å². The third-order valence-corrected chi connectivity index (χ3v) is 5.07. The lowest BCUT2D eigenvalue weighted by atomic mass is 10.0. The molecule has 9 nitrogen and oxygen atoms in total. The first-order valence-corrected chi connectivity index (χ1v) is 9.35. The number of carbonyl (C=O) groups excluding carboxylic acids is 1. The predicted molar refractivity (Wildman–Crippen MR) is 113 cm³/mol. The number of carbonyl (C=O) groups is 1. The van der Waals surface area contributed by atoms with E-state index in [2.05, 4.69) is 4.74 Å². The Morgan fingerprint density at radius 2 is 1.84 bits per heavy atom. The number of ether oxygens (including phenoxy) is 3. The van der Waals surface area contributed by atoms with Gasteiger partial charge in [-0.15, -0.1) is 0 Å². The maximum absolute atomic E-state index is 12.4. The van der Waals surface area contributed by atoms with Crippen LogP contribution in [-0.4, -0.2) is 25.4 Å². The number of benzene rings is 2. The zero-order valence-corrected chi connectivity index (χ0v) is 17.6. The van der Waals surface area contributed by atoms with E-state index in [1.807, 2.05) is 0 Å². The highest BCUT2D eigenvalue weighted by Crippen LogP contribution is 2.31. The lowest BCUT2D eigenvalue weighted by Gasteiger charge is -2.23. The van der Waals surface area contributed by atoms with Crippen molar-refractivity contribution in [2.24, 2.45) is 0 Å². The van der Waals surface area contributed by atoms with E-state index < -0.39 is 11.6 Å². The molecule has 1 N–H and O–H groups in total. The van der Waals surface area contributed by atoms with Crippen LogP contribution >= 0.6 is 0 Å². The summed E-state index contributed by atoms with van der Waals surface area (Å²) in [6.07, 6.45) is -0.171. The van der Waals surface area contributed by atoms with Crippen LogP contribution in [0.5, 0.6) is 11.5 Å². The molecule has 0 radical (unpaired) electrons. The molecule has 0 amide bonds. The van der Waals surface area contributed by atoms with Gasteiger partial charge in [0.25, 0.3) is 0 Å². The molecule has 0 aliphatic heterocycles. The molecular formula is C22H22NO8-. The first kappa shape index (κ1) is 22.1. The number of rotatable bonds is 7. The Labute approximate surface area is 177 Å². The van der Waals surface area contributed by atoms with E-state index >= 15 is 0 Å². The van der Waals surface area contributed by atoms with Gasteiger partial charge in [0.2, 0.25) is 0 Å². The first-order chi connectivity index (χ1) is 14.8. The molecule has 1 aromatic heterocycles. The van der Waals surface area contributed by atoms with Crippen molar-refractivity contribution in [2.45, 2.75) is 26.9 Å². The zero-order chi connectivity index (χ0) is 22.7. The summed E-state index contributed by atoms with van der Waals surface area (Å²) in [5.41, 5.74) is 1.82. The molecule has 0 spiro atoms. The minimum absolute atomic E-state index is 0.0365. The van der Waals surface area contributed by atoms with Crippen molar-refractivity contribution in [3.63, 3.8) is 0 Å². The molecule has 3 aromatic rings. The fourth-order valence-electron chi connectivity index (χ4n) is 3.30. The predicted octanol–water partition coefficient (Wildman–Crippen LogP) is 3.41. The molecule has 0 unspecified atom stereocenters. The van der Waals surface area contributed by atoms with Crippen molar-refractivity contribution in [1.82, 2.24) is 0 Å². The Hall–Kier alpha value is -3.56. The van der Waals surface area contributed by atoms with Gasteiger partial charge in [-0.25, -0.2) is 4.79 Å². The zero-order valence-electron chi connectivity index (χ0n) is 17.6. The summed E-state index contributed by atoms with van der Waals surface area (Å²) in [7, 11) is 2.74. The summed E-state index contributed by atoms with van der Waals surface area (Å²) in [5, 5.41) is 20.7. The van der Waals surface area contributed by atoms with Crippen molar-refractivity contribution >= 4 is 22.6 Å². The number of nitrogens with zero attached hydrogens (tertiary/aromatic N) is 1. The van der Waals surface area contributed by atoms with E-state index in [9.17, 15) is 14.8 Å². The first-order valence-electron chi connectivity index (χ1n) is 9.35. The van der Waals surface area contributed by atoms with Crippen LogP contribution in [0.1, 0.15) is 22.3 Å². The van der Waals surface area contributed by atoms with Gasteiger partial charge in [-0.1, -0.05) is 0 Å². The Morgan fingerprint density at radius 3 is 2.48 bits per heavy atom. The molecule has 0 bridgehead atoms. The molecule has 0 aliphatic carbocycles. The van der Waals surface area contributed by atoms with E-state index in [1.165, 1.54) is 26.4 Å². The van der Waals surface area contributed by atoms with Crippen LogP contribution in [0.25, 0.3) is 11.0 Å². The van der Waals surface area contributed by atoms with Gasteiger partial charge in [-0.05, 0) is 49.7 Å². The summed E-state index contributed by atoms with van der Waals surface area (Å²) < 4.78 is 21.3. The van der Waals surface area contributed by atoms with Crippen LogP contribution in [0.4, 0.5) is 5.69 Å². The van der Waals surface area contributed by atoms with Gasteiger partial charge >= 0.3 is 11.6 Å². The number of aryl methyl sites for hydroxylation is 2. The van der Waals surface area contributed by atoms with E-state index in [4.69, 9.17) is 19.1 Å². The normalized spacial score (nSPS) is 10.8. The van der Waals surface area contributed by atoms with Crippen LogP contribution in [0.2, 0.25) is 0 Å². The standard InChI is InChI=1S/C22H22NO8/c1-12-16-6-8-18(13(2)21(16)31-22(25)17(12)10-20(24)29-4)30-11-14-9-15(23(26)27)5-7-19(14)28-3/h5-9,26H,10-11H2,1-4H3/q-1. The molecule has 31 heavy (non-hydrogen) atoms. The second-order valence-electron chi connectivity index (χ2n) is 6.87.